The maximum atomic E-state index is 5.21. The highest BCUT2D eigenvalue weighted by molar-refractivity contribution is 14.1. The minimum atomic E-state index is 0.718. The van der Waals surface area contributed by atoms with Gasteiger partial charge in [0.05, 0.1) is 0 Å². The second-order valence-corrected chi connectivity index (χ2v) is 1.44. The predicted molar refractivity (Wildman–Crippen MR) is 36.5 cm³/mol. The van der Waals surface area contributed by atoms with Crippen LogP contribution < -0.4 is 5.73 Å². The number of rotatable bonds is 1. The van der Waals surface area contributed by atoms with Crippen molar-refractivity contribution in [1.82, 2.24) is 0 Å². The molecule has 0 atom stereocenters. The van der Waals surface area contributed by atoms with Crippen LogP contribution in [0, 0.1) is 0 Å². The summed E-state index contributed by atoms with van der Waals surface area (Å²) in [5, 5.41) is 0. The van der Waals surface area contributed by atoms with Gasteiger partial charge in [-0.05, 0) is 10.2 Å². The van der Waals surface area contributed by atoms with Gasteiger partial charge in [0.2, 0.25) is 0 Å². The highest BCUT2D eigenvalue weighted by Crippen LogP contribution is 1.89. The molecule has 0 aromatic heterocycles. The normalized spacial score (nSPS) is 11.2. The molecule has 0 aliphatic carbocycles. The fourth-order valence-electron chi connectivity index (χ4n) is 0.0445. The molecule has 0 spiro atoms. The summed E-state index contributed by atoms with van der Waals surface area (Å²) in [5.41, 5.74) is 5.93. The van der Waals surface area contributed by atoms with Crippen LogP contribution in [0.2, 0.25) is 0 Å². The third-order valence-corrected chi connectivity index (χ3v) is 1.08. The van der Waals surface area contributed by atoms with Crippen molar-refractivity contribution in [2.24, 2.45) is 5.73 Å². The van der Waals surface area contributed by atoms with Gasteiger partial charge >= 0.3 is 0 Å². The van der Waals surface area contributed by atoms with E-state index in [4.69, 9.17) is 5.73 Å². The van der Waals surface area contributed by atoms with E-state index >= 15 is 0 Å². The average Bonchev–Trinajstić information content (AvgIpc) is 1.65. The van der Waals surface area contributed by atoms with Gasteiger partial charge < -0.3 is 5.73 Å². The van der Waals surface area contributed by atoms with Crippen LogP contribution in [0.25, 0.3) is 0 Å². The molecule has 0 rings (SSSR count). The second-order valence-electron chi connectivity index (χ2n) is 0.813. The number of halogens is 1. The average molecular weight is 195 g/mol. The molecule has 0 fully saturated rings. The van der Waals surface area contributed by atoms with Gasteiger partial charge in [0.1, 0.15) is 0 Å². The molecule has 0 bridgehead atoms. The van der Waals surface area contributed by atoms with Gasteiger partial charge in [0.15, 0.2) is 0 Å². The molecule has 0 radical (unpaired) electrons. The molecule has 0 aromatic carbocycles. The molecule has 0 unspecified atom stereocenters. The van der Waals surface area contributed by atoms with Crippen LogP contribution in [0.3, 0.4) is 0 Å². The van der Waals surface area contributed by atoms with Gasteiger partial charge in [-0.2, -0.15) is 0 Å². The van der Waals surface area contributed by atoms with E-state index in [-0.39, 0.29) is 0 Å². The fourth-order valence-corrected chi connectivity index (χ4v) is 0.299. The first-order chi connectivity index (χ1) is 2.81. The molecule has 34 valence electrons. The van der Waals surface area contributed by atoms with Crippen LogP contribution >= 0.6 is 22.6 Å². The van der Waals surface area contributed by atoms with Crippen LogP contribution in [0.15, 0.2) is 22.4 Å². The Labute approximate surface area is 51.1 Å². The molecule has 0 heterocycles. The van der Waals surface area contributed by atoms with Crippen molar-refractivity contribution in [2.75, 3.05) is 0 Å². The van der Waals surface area contributed by atoms with Crippen LogP contribution in [0.4, 0.5) is 0 Å². The quantitative estimate of drug-likeness (QED) is 0.496. The van der Waals surface area contributed by atoms with Crippen molar-refractivity contribution >= 4 is 22.6 Å². The second kappa shape index (κ2) is 3.21. The highest BCUT2D eigenvalue weighted by atomic mass is 127. The Hall–Kier alpha value is 0.01000. The molecule has 0 aliphatic rings. The van der Waals surface area contributed by atoms with Crippen molar-refractivity contribution in [2.45, 2.75) is 0 Å². The molecule has 2 heteroatoms. The lowest BCUT2D eigenvalue weighted by Gasteiger charge is -1.79. The minimum absolute atomic E-state index is 0.718. The summed E-state index contributed by atoms with van der Waals surface area (Å²) >= 11 is 2.06. The first kappa shape index (κ1) is 6.01. The van der Waals surface area contributed by atoms with Crippen LogP contribution in [0.5, 0.6) is 0 Å². The highest BCUT2D eigenvalue weighted by Gasteiger charge is 1.68. The van der Waals surface area contributed by atoms with E-state index in [1.807, 2.05) is 0 Å². The summed E-state index contributed by atoms with van der Waals surface area (Å²) < 4.78 is 1.77. The van der Waals surface area contributed by atoms with Crippen molar-refractivity contribution in [3.05, 3.63) is 22.4 Å². The Balaban J connectivity index is 3.50. The van der Waals surface area contributed by atoms with E-state index < -0.39 is 0 Å². The largest absolute Gasteiger partial charge is 0.398 e. The van der Waals surface area contributed by atoms with Gasteiger partial charge in [-0.25, -0.2) is 0 Å². The molecule has 0 aromatic rings. The summed E-state index contributed by atoms with van der Waals surface area (Å²) in [6.07, 6.45) is 1.60. The maximum Gasteiger partial charge on any atom is 0.0369 e. The van der Waals surface area contributed by atoms with E-state index in [0.29, 0.717) is 0 Å². The van der Waals surface area contributed by atoms with Crippen LogP contribution in [-0.2, 0) is 0 Å². The Bertz CT molecular complexity index is 75.6. The smallest absolute Gasteiger partial charge is 0.0369 e. The minimum Gasteiger partial charge on any atom is -0.398 e. The number of hydrogen-bond donors (Lipinski definition) is 1. The summed E-state index contributed by atoms with van der Waals surface area (Å²) in [6, 6.07) is 0. The lowest BCUT2D eigenvalue weighted by molar-refractivity contribution is 1.46. The zero-order chi connectivity index (χ0) is 4.99. The molecular formula is C4H6IN. The number of nitrogens with two attached hydrogens (primary N) is 1. The molecule has 2 N–H and O–H groups in total. The summed E-state index contributed by atoms with van der Waals surface area (Å²) in [6.45, 7) is 3.43. The van der Waals surface area contributed by atoms with Gasteiger partial charge in [-0.1, -0.05) is 29.2 Å². The van der Waals surface area contributed by atoms with E-state index in [0.717, 1.165) is 5.70 Å². The molecule has 0 aliphatic heterocycles. The van der Waals surface area contributed by atoms with Crippen molar-refractivity contribution in [1.29, 1.82) is 0 Å². The first-order valence-electron chi connectivity index (χ1n) is 1.49. The van der Waals surface area contributed by atoms with E-state index in [1.54, 1.807) is 10.2 Å². The third kappa shape index (κ3) is 2.26. The zero-order valence-corrected chi connectivity index (χ0v) is 5.47. The summed E-state index contributed by atoms with van der Waals surface area (Å²) in [5.74, 6) is 0. The molecular weight excluding hydrogens is 189 g/mol. The Morgan fingerprint density at radius 2 is 2.33 bits per heavy atom. The fraction of sp³-hybridized carbons (Fsp3) is 0. The predicted octanol–water partition coefficient (Wildman–Crippen LogP) is 1.41. The number of allylic oxidation sites excluding steroid dienone is 1. The summed E-state index contributed by atoms with van der Waals surface area (Å²) in [4.78, 5) is 0. The Kier molecular flexibility index (Phi) is 3.21. The van der Waals surface area contributed by atoms with Crippen LogP contribution in [0.1, 0.15) is 0 Å². The van der Waals surface area contributed by atoms with Gasteiger partial charge in [-0.3, -0.25) is 0 Å². The van der Waals surface area contributed by atoms with E-state index in [2.05, 4.69) is 29.2 Å². The standard InChI is InChI=1S/C4H6IN/c1-2-4(6)3-5/h2-3H,1,6H2/b4-3+. The van der Waals surface area contributed by atoms with Crippen LogP contribution in [-0.4, -0.2) is 0 Å². The SMILES string of the molecule is C=C/C(N)=C\I. The first-order valence-corrected chi connectivity index (χ1v) is 2.74. The Morgan fingerprint density at radius 1 is 1.83 bits per heavy atom. The summed E-state index contributed by atoms with van der Waals surface area (Å²) in [7, 11) is 0. The molecule has 1 nitrogen and oxygen atoms in total. The molecule has 0 amide bonds. The van der Waals surface area contributed by atoms with Gasteiger partial charge in [0.25, 0.3) is 0 Å². The maximum absolute atomic E-state index is 5.21. The third-order valence-electron chi connectivity index (χ3n) is 0.362. The van der Waals surface area contributed by atoms with Crippen molar-refractivity contribution in [3.63, 3.8) is 0 Å². The number of hydrogen-bond acceptors (Lipinski definition) is 1. The topological polar surface area (TPSA) is 26.0 Å². The molecule has 6 heavy (non-hydrogen) atoms. The van der Waals surface area contributed by atoms with Gasteiger partial charge in [-0.15, -0.1) is 0 Å². The van der Waals surface area contributed by atoms with Gasteiger partial charge in [0, 0.05) is 5.70 Å². The van der Waals surface area contributed by atoms with Crippen molar-refractivity contribution < 1.29 is 0 Å². The molecule has 0 saturated carbocycles. The Morgan fingerprint density at radius 3 is 2.33 bits per heavy atom. The van der Waals surface area contributed by atoms with E-state index in [9.17, 15) is 0 Å². The van der Waals surface area contributed by atoms with E-state index in [1.165, 1.54) is 0 Å². The zero-order valence-electron chi connectivity index (χ0n) is 3.32. The van der Waals surface area contributed by atoms with Crippen molar-refractivity contribution in [3.8, 4) is 0 Å². The lowest BCUT2D eigenvalue weighted by Crippen LogP contribution is -1.87. The monoisotopic (exact) mass is 195 g/mol. The molecule has 0 saturated heterocycles. The lowest BCUT2D eigenvalue weighted by atomic mass is 10.5.